The van der Waals surface area contributed by atoms with Crippen LogP contribution in [0.4, 0.5) is 4.39 Å². The van der Waals surface area contributed by atoms with E-state index in [1.54, 1.807) is 41.2 Å². The minimum absolute atomic E-state index is 0.177. The van der Waals surface area contributed by atoms with E-state index >= 15 is 0 Å². The number of rotatable bonds is 9. The van der Waals surface area contributed by atoms with E-state index in [9.17, 15) is 9.50 Å². The van der Waals surface area contributed by atoms with Crippen molar-refractivity contribution in [1.29, 1.82) is 0 Å². The van der Waals surface area contributed by atoms with Gasteiger partial charge in [-0.25, -0.2) is 19.0 Å². The van der Waals surface area contributed by atoms with E-state index in [4.69, 9.17) is 20.8 Å². The van der Waals surface area contributed by atoms with Crippen molar-refractivity contribution in [3.8, 4) is 22.4 Å². The lowest BCUT2D eigenvalue weighted by molar-refractivity contribution is 0.0814. The van der Waals surface area contributed by atoms with Crippen LogP contribution in [0, 0.1) is 5.82 Å². The van der Waals surface area contributed by atoms with Gasteiger partial charge in [0.15, 0.2) is 11.8 Å². The van der Waals surface area contributed by atoms with Gasteiger partial charge in [0.2, 0.25) is 5.89 Å². The highest BCUT2D eigenvalue weighted by molar-refractivity contribution is 6.76. The lowest BCUT2D eigenvalue weighted by atomic mass is 10.00. The van der Waals surface area contributed by atoms with Crippen LogP contribution in [-0.4, -0.2) is 39.5 Å². The van der Waals surface area contributed by atoms with Crippen molar-refractivity contribution in [1.82, 2.24) is 19.7 Å². The van der Waals surface area contributed by atoms with Gasteiger partial charge >= 0.3 is 0 Å². The third-order valence-corrected chi connectivity index (χ3v) is 8.33. The van der Waals surface area contributed by atoms with Gasteiger partial charge in [-0.05, 0) is 35.4 Å². The van der Waals surface area contributed by atoms with Gasteiger partial charge in [0.05, 0.1) is 16.6 Å². The molecule has 5 rings (SSSR count). The van der Waals surface area contributed by atoms with E-state index in [-0.39, 0.29) is 12.6 Å². The number of hydrogen-bond donors (Lipinski definition) is 1. The molecule has 0 aliphatic carbocycles. The molecule has 0 fully saturated rings. The van der Waals surface area contributed by atoms with E-state index in [1.807, 2.05) is 12.1 Å². The Morgan fingerprint density at radius 1 is 1.11 bits per heavy atom. The summed E-state index contributed by atoms with van der Waals surface area (Å²) in [6, 6.07) is 14.7. The molecule has 3 aromatic heterocycles. The summed E-state index contributed by atoms with van der Waals surface area (Å²) in [6.07, 6.45) is 3.51. The molecular formula is C28H28ClFN4O3Si. The molecule has 1 unspecified atom stereocenters. The normalized spacial score (nSPS) is 12.8. The number of halogens is 2. The Bertz CT molecular complexity index is 1570. The topological polar surface area (TPSA) is 86.2 Å². The zero-order chi connectivity index (χ0) is 26.9. The first-order chi connectivity index (χ1) is 18.2. The fraction of sp³-hybridized carbons (Fsp3) is 0.250. The van der Waals surface area contributed by atoms with Crippen LogP contribution in [0.5, 0.6) is 0 Å². The highest BCUT2D eigenvalue weighted by Crippen LogP contribution is 2.39. The summed E-state index contributed by atoms with van der Waals surface area (Å²) in [7, 11) is -1.26. The number of hydrogen-bond acceptors (Lipinski definition) is 6. The first-order valence-electron chi connectivity index (χ1n) is 12.3. The standard InChI is InChI=1S/C28H28ClFN4O3Si/c1-38(2,3)14-13-36-17-34-27-23(25(33-34)20-9-4-5-10-22(20)30)24(29)21(16-32-27)18-7-6-8-19(15-18)26(35)28-31-11-12-37-28/h4-12,15-16,26,35H,13-14,17H2,1-3H3. The van der Waals surface area contributed by atoms with Crippen molar-refractivity contribution in [3.05, 3.63) is 89.5 Å². The van der Waals surface area contributed by atoms with Crippen LogP contribution >= 0.6 is 11.6 Å². The van der Waals surface area contributed by atoms with Crippen LogP contribution in [0.3, 0.4) is 0 Å². The molecule has 0 aliphatic heterocycles. The zero-order valence-electron chi connectivity index (χ0n) is 21.4. The molecule has 0 amide bonds. The number of benzene rings is 2. The fourth-order valence-electron chi connectivity index (χ4n) is 4.15. The molecule has 0 aliphatic rings. The van der Waals surface area contributed by atoms with Crippen LogP contribution in [0.15, 0.2) is 71.6 Å². The molecule has 7 nitrogen and oxygen atoms in total. The predicted molar refractivity (Wildman–Crippen MR) is 148 cm³/mol. The second-order valence-corrected chi connectivity index (χ2v) is 16.3. The van der Waals surface area contributed by atoms with Gasteiger partial charge in [0, 0.05) is 32.0 Å². The van der Waals surface area contributed by atoms with E-state index in [0.29, 0.717) is 45.0 Å². The summed E-state index contributed by atoms with van der Waals surface area (Å²) in [5.41, 5.74) is 3.15. The average Bonchev–Trinajstić information content (AvgIpc) is 3.55. The Hall–Kier alpha value is -3.37. The number of nitrogens with zero attached hydrogens (tertiary/aromatic N) is 4. The predicted octanol–water partition coefficient (Wildman–Crippen LogP) is 6.94. The van der Waals surface area contributed by atoms with Gasteiger partial charge in [0.1, 0.15) is 24.5 Å². The van der Waals surface area contributed by atoms with Gasteiger partial charge in [-0.3, -0.25) is 0 Å². The first-order valence-corrected chi connectivity index (χ1v) is 16.4. The van der Waals surface area contributed by atoms with Gasteiger partial charge in [-0.2, -0.15) is 5.10 Å². The minimum Gasteiger partial charge on any atom is -0.446 e. The van der Waals surface area contributed by atoms with Gasteiger partial charge < -0.3 is 14.3 Å². The monoisotopic (exact) mass is 550 g/mol. The molecule has 3 heterocycles. The minimum atomic E-state index is -1.26. The van der Waals surface area contributed by atoms with Crippen LogP contribution in [0.1, 0.15) is 17.6 Å². The second-order valence-electron chi connectivity index (χ2n) is 10.3. The smallest absolute Gasteiger partial charge is 0.227 e. The molecule has 0 saturated heterocycles. The summed E-state index contributed by atoms with van der Waals surface area (Å²) in [4.78, 5) is 8.72. The molecule has 0 spiro atoms. The summed E-state index contributed by atoms with van der Waals surface area (Å²) in [6.45, 7) is 7.65. The van der Waals surface area contributed by atoms with E-state index in [2.05, 4.69) is 34.7 Å². The molecule has 0 radical (unpaired) electrons. The lowest BCUT2D eigenvalue weighted by Crippen LogP contribution is -2.22. The third kappa shape index (κ3) is 5.42. The SMILES string of the molecule is C[Si](C)(C)CCOCn1nc(-c2ccccc2F)c2c(Cl)c(-c3cccc(C(O)c4ncco4)c3)cnc21. The fourth-order valence-corrected chi connectivity index (χ4v) is 5.24. The highest BCUT2D eigenvalue weighted by atomic mass is 35.5. The van der Waals surface area contributed by atoms with Crippen LogP contribution < -0.4 is 0 Å². The zero-order valence-corrected chi connectivity index (χ0v) is 23.1. The first kappa shape index (κ1) is 26.2. The van der Waals surface area contributed by atoms with Crippen molar-refractivity contribution in [2.45, 2.75) is 38.5 Å². The van der Waals surface area contributed by atoms with Crippen molar-refractivity contribution in [2.24, 2.45) is 0 Å². The number of pyridine rings is 1. The Balaban J connectivity index is 1.58. The largest absolute Gasteiger partial charge is 0.446 e. The maximum Gasteiger partial charge on any atom is 0.227 e. The number of ether oxygens (including phenoxy) is 1. The van der Waals surface area contributed by atoms with E-state index < -0.39 is 20.0 Å². The summed E-state index contributed by atoms with van der Waals surface area (Å²) < 4.78 is 27.7. The summed E-state index contributed by atoms with van der Waals surface area (Å²) >= 11 is 7.01. The van der Waals surface area contributed by atoms with Gasteiger partial charge in [-0.1, -0.05) is 61.6 Å². The summed E-state index contributed by atoms with van der Waals surface area (Å²) in [5.74, 6) is -0.213. The highest BCUT2D eigenvalue weighted by Gasteiger charge is 2.23. The Kier molecular flexibility index (Phi) is 7.44. The third-order valence-electron chi connectivity index (χ3n) is 6.24. The Labute approximate surface area is 225 Å². The average molecular weight is 551 g/mol. The van der Waals surface area contributed by atoms with Crippen molar-refractivity contribution in [3.63, 3.8) is 0 Å². The molecule has 10 heteroatoms. The van der Waals surface area contributed by atoms with E-state index in [0.717, 1.165) is 11.6 Å². The quantitative estimate of drug-likeness (QED) is 0.158. The van der Waals surface area contributed by atoms with Crippen molar-refractivity contribution < 1.29 is 18.7 Å². The van der Waals surface area contributed by atoms with Gasteiger partial charge in [0.25, 0.3) is 0 Å². The number of oxazole rings is 1. The van der Waals surface area contributed by atoms with Crippen molar-refractivity contribution in [2.75, 3.05) is 6.61 Å². The number of aliphatic hydroxyl groups excluding tert-OH is 1. The maximum absolute atomic E-state index is 14.9. The molecule has 196 valence electrons. The number of fused-ring (bicyclic) bond motifs is 1. The van der Waals surface area contributed by atoms with Gasteiger partial charge in [-0.15, -0.1) is 0 Å². The molecule has 1 atom stereocenters. The van der Waals surface area contributed by atoms with E-state index in [1.165, 1.54) is 18.5 Å². The van der Waals surface area contributed by atoms with Crippen LogP contribution in [0.25, 0.3) is 33.4 Å². The molecule has 2 aromatic carbocycles. The Morgan fingerprint density at radius 2 is 1.92 bits per heavy atom. The number of aliphatic hydroxyl groups is 1. The lowest BCUT2D eigenvalue weighted by Gasteiger charge is -2.15. The molecule has 0 saturated carbocycles. The molecule has 5 aromatic rings. The molecule has 1 N–H and O–H groups in total. The molecular weight excluding hydrogens is 523 g/mol. The van der Waals surface area contributed by atoms with Crippen LogP contribution in [-0.2, 0) is 11.5 Å². The second kappa shape index (κ2) is 10.8. The van der Waals surface area contributed by atoms with Crippen LogP contribution in [0.2, 0.25) is 30.7 Å². The Morgan fingerprint density at radius 3 is 2.66 bits per heavy atom. The maximum atomic E-state index is 14.9. The summed E-state index contributed by atoms with van der Waals surface area (Å²) in [5, 5.41) is 16.3. The molecule has 38 heavy (non-hydrogen) atoms. The molecule has 0 bridgehead atoms. The van der Waals surface area contributed by atoms with Crippen molar-refractivity contribution >= 4 is 30.7 Å². The number of aromatic nitrogens is 4.